The number of nitrogens with zero attached hydrogens (tertiary/aromatic N) is 2. The van der Waals surface area contributed by atoms with E-state index in [1.807, 2.05) is 20.8 Å². The molecule has 8 nitrogen and oxygen atoms in total. The second-order valence-corrected chi connectivity index (χ2v) is 13.9. The van der Waals surface area contributed by atoms with Gasteiger partial charge in [-0.25, -0.2) is 13.2 Å². The van der Waals surface area contributed by atoms with E-state index in [-0.39, 0.29) is 16.7 Å². The topological polar surface area (TPSA) is 107 Å². The molecule has 2 heterocycles. The fourth-order valence-corrected chi connectivity index (χ4v) is 8.41. The molecular formula is C26H33N3O5S3. The second kappa shape index (κ2) is 11.6. The van der Waals surface area contributed by atoms with Gasteiger partial charge in [0.25, 0.3) is 10.0 Å². The van der Waals surface area contributed by atoms with Crippen LogP contribution in [-0.4, -0.2) is 36.3 Å². The molecule has 0 aromatic heterocycles. The lowest BCUT2D eigenvalue weighted by Gasteiger charge is -2.29. The average Bonchev–Trinajstić information content (AvgIpc) is 3.16. The molecule has 1 N–H and O–H groups in total. The lowest BCUT2D eigenvalue weighted by atomic mass is 9.81. The third-order valence-electron chi connectivity index (χ3n) is 6.87. The summed E-state index contributed by atoms with van der Waals surface area (Å²) in [5.74, 6) is 1.72. The summed E-state index contributed by atoms with van der Waals surface area (Å²) in [6, 6.07) is 6.56. The summed E-state index contributed by atoms with van der Waals surface area (Å²) in [6.45, 7) is 7.60. The number of anilines is 1. The minimum Gasteiger partial charge on any atom is -0.466 e. The molecule has 2 atom stereocenters. The van der Waals surface area contributed by atoms with Gasteiger partial charge < -0.3 is 4.74 Å². The number of aryl methyl sites for hydroxylation is 2. The number of rotatable bonds is 9. The molecule has 0 amide bonds. The highest BCUT2D eigenvalue weighted by Crippen LogP contribution is 2.41. The lowest BCUT2D eigenvalue weighted by Crippen LogP contribution is -2.20. The Morgan fingerprint density at radius 3 is 2.59 bits per heavy atom. The highest BCUT2D eigenvalue weighted by atomic mass is 32.2. The van der Waals surface area contributed by atoms with Gasteiger partial charge in [-0.3, -0.25) is 14.1 Å². The summed E-state index contributed by atoms with van der Waals surface area (Å²) in [7, 11) is -3.91. The van der Waals surface area contributed by atoms with Gasteiger partial charge in [0.05, 0.1) is 15.7 Å². The molecule has 200 valence electrons. The number of esters is 1. The van der Waals surface area contributed by atoms with Crippen LogP contribution in [0, 0.1) is 32.6 Å². The molecule has 1 aromatic rings. The highest BCUT2D eigenvalue weighted by molar-refractivity contribution is 8.01. The van der Waals surface area contributed by atoms with Gasteiger partial charge in [0.15, 0.2) is 5.82 Å². The summed E-state index contributed by atoms with van der Waals surface area (Å²) in [6.07, 6.45) is 5.36. The summed E-state index contributed by atoms with van der Waals surface area (Å²) in [4.78, 5) is 29.2. The van der Waals surface area contributed by atoms with E-state index in [4.69, 9.17) is 4.74 Å². The van der Waals surface area contributed by atoms with Crippen LogP contribution in [-0.2, 0) is 19.6 Å². The van der Waals surface area contributed by atoms with Crippen molar-refractivity contribution in [3.63, 3.8) is 0 Å². The molecule has 4 rings (SSSR count). The van der Waals surface area contributed by atoms with Crippen molar-refractivity contribution >= 4 is 44.9 Å². The normalized spacial score (nSPS) is 18.2. The molecule has 37 heavy (non-hydrogen) atoms. The predicted octanol–water partition coefficient (Wildman–Crippen LogP) is 5.31. The number of fused-ring (bicyclic) bond motifs is 1. The third-order valence-corrected chi connectivity index (χ3v) is 10.9. The SMILES string of the molecule is CC(=O)OCCC1CCCC(CSc2sc(C)c(C)n3c(=O)nc(NS(=O)(=O)c4ccc(C)cc4)c2-3)C1. The van der Waals surface area contributed by atoms with Crippen LogP contribution in [0.15, 0.2) is 38.2 Å². The van der Waals surface area contributed by atoms with Crippen molar-refractivity contribution in [3.8, 4) is 5.69 Å². The van der Waals surface area contributed by atoms with Crippen LogP contribution < -0.4 is 10.4 Å². The molecule has 0 radical (unpaired) electrons. The summed E-state index contributed by atoms with van der Waals surface area (Å²) in [5.41, 5.74) is 1.73. The number of thioether (sulfide) groups is 1. The molecule has 2 aliphatic heterocycles. The number of sulfonamides is 1. The Morgan fingerprint density at radius 2 is 1.89 bits per heavy atom. The molecule has 3 aliphatic rings. The number of imidazole rings is 1. The van der Waals surface area contributed by atoms with E-state index >= 15 is 0 Å². The molecule has 0 bridgehead atoms. The quantitative estimate of drug-likeness (QED) is 0.278. The van der Waals surface area contributed by atoms with Crippen molar-refractivity contribution in [1.29, 1.82) is 0 Å². The number of carbonyl (C=O) groups excluding carboxylic acids is 1. The Kier molecular flexibility index (Phi) is 8.65. The Labute approximate surface area is 226 Å². The number of ether oxygens (including phenoxy) is 1. The molecule has 2 unspecified atom stereocenters. The summed E-state index contributed by atoms with van der Waals surface area (Å²) >= 11 is 3.22. The van der Waals surface area contributed by atoms with E-state index in [9.17, 15) is 18.0 Å². The van der Waals surface area contributed by atoms with Gasteiger partial charge in [-0.05, 0) is 64.0 Å². The van der Waals surface area contributed by atoms with Gasteiger partial charge in [-0.15, -0.1) is 23.1 Å². The smallest absolute Gasteiger partial charge is 0.354 e. The Balaban J connectivity index is 1.56. The largest absolute Gasteiger partial charge is 0.466 e. The van der Waals surface area contributed by atoms with Crippen LogP contribution in [0.5, 0.6) is 0 Å². The molecule has 11 heteroatoms. The van der Waals surface area contributed by atoms with E-state index in [0.717, 1.165) is 58.2 Å². The van der Waals surface area contributed by atoms with Crippen LogP contribution in [0.2, 0.25) is 0 Å². The highest BCUT2D eigenvalue weighted by Gasteiger charge is 2.28. The fourth-order valence-electron chi connectivity index (χ4n) is 4.77. The zero-order valence-corrected chi connectivity index (χ0v) is 24.0. The first-order valence-electron chi connectivity index (χ1n) is 12.4. The average molecular weight is 564 g/mol. The molecule has 1 fully saturated rings. The monoisotopic (exact) mass is 563 g/mol. The van der Waals surface area contributed by atoms with Crippen molar-refractivity contribution in [3.05, 3.63) is 50.9 Å². The number of hydrogen-bond acceptors (Lipinski definition) is 8. The van der Waals surface area contributed by atoms with Crippen molar-refractivity contribution in [1.82, 2.24) is 9.55 Å². The zero-order valence-electron chi connectivity index (χ0n) is 21.6. The van der Waals surface area contributed by atoms with Crippen LogP contribution in [0.25, 0.3) is 5.69 Å². The van der Waals surface area contributed by atoms with Crippen molar-refractivity contribution in [2.24, 2.45) is 11.8 Å². The van der Waals surface area contributed by atoms with Crippen molar-refractivity contribution in [2.75, 3.05) is 17.1 Å². The van der Waals surface area contributed by atoms with Crippen LogP contribution in [0.3, 0.4) is 0 Å². The molecular weight excluding hydrogens is 531 g/mol. The molecule has 1 saturated carbocycles. The molecule has 1 aromatic carbocycles. The van der Waals surface area contributed by atoms with Gasteiger partial charge in [0, 0.05) is 23.2 Å². The van der Waals surface area contributed by atoms with Crippen LogP contribution >= 0.6 is 23.1 Å². The predicted molar refractivity (Wildman–Crippen MR) is 148 cm³/mol. The van der Waals surface area contributed by atoms with Gasteiger partial charge >= 0.3 is 11.7 Å². The third kappa shape index (κ3) is 6.56. The second-order valence-electron chi connectivity index (χ2n) is 9.72. The zero-order chi connectivity index (χ0) is 26.7. The number of benzene rings is 1. The van der Waals surface area contributed by atoms with Crippen LogP contribution in [0.1, 0.15) is 55.2 Å². The van der Waals surface area contributed by atoms with E-state index < -0.39 is 15.7 Å². The fraction of sp³-hybridized carbons (Fsp3) is 0.500. The van der Waals surface area contributed by atoms with Crippen molar-refractivity contribution < 1.29 is 17.9 Å². The maximum Gasteiger partial charge on any atom is 0.354 e. The number of carbonyl (C=O) groups is 1. The lowest BCUT2D eigenvalue weighted by molar-refractivity contribution is -0.141. The number of hydrogen-bond donors (Lipinski definition) is 1. The summed E-state index contributed by atoms with van der Waals surface area (Å²) in [5, 5.41) is 0. The molecule has 0 spiro atoms. The first kappa shape index (κ1) is 27.7. The van der Waals surface area contributed by atoms with E-state index in [0.29, 0.717) is 24.1 Å². The Bertz CT molecular complexity index is 1400. The maximum atomic E-state index is 13.1. The van der Waals surface area contributed by atoms with E-state index in [1.165, 1.54) is 11.5 Å². The van der Waals surface area contributed by atoms with Gasteiger partial charge in [0.1, 0.15) is 5.69 Å². The first-order valence-corrected chi connectivity index (χ1v) is 15.7. The maximum absolute atomic E-state index is 13.1. The number of nitrogens with one attached hydrogen (secondary N) is 1. The van der Waals surface area contributed by atoms with Gasteiger partial charge in [0.2, 0.25) is 0 Å². The van der Waals surface area contributed by atoms with Gasteiger partial charge in [-0.2, -0.15) is 4.98 Å². The minimum atomic E-state index is -3.91. The molecule has 1 aliphatic carbocycles. The standard InChI is InChI=1S/C26H33N3O5S3/c1-16-8-10-22(11-9-16)37(32,33)28-24-23-25(36-18(3)17(2)29(23)26(31)27-24)35-15-21-7-5-6-20(14-21)12-13-34-19(4)30/h8-11,20-21H,5-7,12-15H2,1-4H3,(H,27,28,31). The Morgan fingerprint density at radius 1 is 1.19 bits per heavy atom. The number of aromatic nitrogens is 2. The van der Waals surface area contributed by atoms with Gasteiger partial charge in [-0.1, -0.05) is 30.5 Å². The summed E-state index contributed by atoms with van der Waals surface area (Å²) < 4.78 is 36.3. The Hall–Kier alpha value is -2.37. The first-order chi connectivity index (χ1) is 17.5. The van der Waals surface area contributed by atoms with Crippen LogP contribution in [0.4, 0.5) is 5.82 Å². The van der Waals surface area contributed by atoms with E-state index in [2.05, 4.69) is 9.71 Å². The minimum absolute atomic E-state index is 0.0651. The molecule has 0 saturated heterocycles. The van der Waals surface area contributed by atoms with Crippen molar-refractivity contribution in [2.45, 2.75) is 68.9 Å². The van der Waals surface area contributed by atoms with E-state index in [1.54, 1.807) is 47.4 Å².